The van der Waals surface area contributed by atoms with Crippen molar-refractivity contribution in [2.24, 2.45) is 0 Å². The fourth-order valence-corrected chi connectivity index (χ4v) is 2.59. The molecule has 2 aromatic rings. The molecule has 0 aliphatic carbocycles. The molecule has 1 fully saturated rings. The Morgan fingerprint density at radius 3 is 2.64 bits per heavy atom. The number of aryl methyl sites for hydroxylation is 1. The second kappa shape index (κ2) is 6.68. The molecule has 0 N–H and O–H groups in total. The van der Waals surface area contributed by atoms with Crippen LogP contribution in [0.4, 0.5) is 4.39 Å². The van der Waals surface area contributed by atoms with Gasteiger partial charge in [-0.1, -0.05) is 5.16 Å². The molecule has 1 amide bonds. The molecule has 0 unspecified atom stereocenters. The van der Waals surface area contributed by atoms with Crippen LogP contribution < -0.4 is 0 Å². The van der Waals surface area contributed by atoms with Crippen molar-refractivity contribution in [2.45, 2.75) is 32.1 Å². The fraction of sp³-hybridized carbons (Fsp3) is 0.438. The van der Waals surface area contributed by atoms with E-state index >= 15 is 0 Å². The summed E-state index contributed by atoms with van der Waals surface area (Å²) in [5, 5.41) is 3.87. The summed E-state index contributed by atoms with van der Waals surface area (Å²) in [7, 11) is 0. The number of carbonyl (C=O) groups is 1. The molecule has 1 saturated heterocycles. The Hall–Kier alpha value is -2.24. The lowest BCUT2D eigenvalue weighted by molar-refractivity contribution is -0.132. The van der Waals surface area contributed by atoms with Crippen molar-refractivity contribution >= 4 is 5.91 Å². The Morgan fingerprint density at radius 2 is 1.91 bits per heavy atom. The van der Waals surface area contributed by atoms with E-state index in [2.05, 4.69) is 10.1 Å². The SMILES string of the molecule is O=C(CCc1nc(-c2ccc(F)cc2)no1)N1CCCCC1. The maximum atomic E-state index is 12.9. The van der Waals surface area contributed by atoms with Gasteiger partial charge in [0.1, 0.15) is 5.82 Å². The average Bonchev–Trinajstić information content (AvgIpc) is 3.03. The maximum Gasteiger partial charge on any atom is 0.227 e. The van der Waals surface area contributed by atoms with Gasteiger partial charge in [0.05, 0.1) is 0 Å². The van der Waals surface area contributed by atoms with Gasteiger partial charge in [0.15, 0.2) is 0 Å². The molecule has 1 aromatic carbocycles. The Kier molecular flexibility index (Phi) is 4.46. The smallest absolute Gasteiger partial charge is 0.227 e. The maximum absolute atomic E-state index is 12.9. The third-order valence-electron chi connectivity index (χ3n) is 3.83. The van der Waals surface area contributed by atoms with Gasteiger partial charge in [0, 0.05) is 31.5 Å². The molecule has 22 heavy (non-hydrogen) atoms. The first kappa shape index (κ1) is 14.7. The largest absolute Gasteiger partial charge is 0.343 e. The van der Waals surface area contributed by atoms with E-state index in [1.54, 1.807) is 12.1 Å². The van der Waals surface area contributed by atoms with E-state index < -0.39 is 0 Å². The van der Waals surface area contributed by atoms with E-state index in [4.69, 9.17) is 4.52 Å². The second-order valence-electron chi connectivity index (χ2n) is 5.46. The first-order valence-electron chi connectivity index (χ1n) is 7.59. The Bertz CT molecular complexity index is 633. The van der Waals surface area contributed by atoms with Crippen molar-refractivity contribution in [3.63, 3.8) is 0 Å². The summed E-state index contributed by atoms with van der Waals surface area (Å²) in [4.78, 5) is 18.2. The van der Waals surface area contributed by atoms with Gasteiger partial charge in [-0.15, -0.1) is 0 Å². The number of aromatic nitrogens is 2. The van der Waals surface area contributed by atoms with E-state index in [-0.39, 0.29) is 11.7 Å². The van der Waals surface area contributed by atoms with E-state index in [1.807, 2.05) is 4.90 Å². The minimum absolute atomic E-state index is 0.140. The molecular weight excluding hydrogens is 285 g/mol. The monoisotopic (exact) mass is 303 g/mol. The normalized spacial score (nSPS) is 15.0. The van der Waals surface area contributed by atoms with Crippen molar-refractivity contribution in [3.8, 4) is 11.4 Å². The molecule has 6 heteroatoms. The van der Waals surface area contributed by atoms with Gasteiger partial charge in [0.25, 0.3) is 0 Å². The van der Waals surface area contributed by atoms with Crippen LogP contribution in [0.15, 0.2) is 28.8 Å². The molecule has 1 aromatic heterocycles. The molecule has 0 radical (unpaired) electrons. The lowest BCUT2D eigenvalue weighted by Crippen LogP contribution is -2.35. The summed E-state index contributed by atoms with van der Waals surface area (Å²) < 4.78 is 18.0. The zero-order valence-electron chi connectivity index (χ0n) is 12.3. The first-order chi connectivity index (χ1) is 10.7. The summed E-state index contributed by atoms with van der Waals surface area (Å²) in [5.74, 6) is 0.686. The summed E-state index contributed by atoms with van der Waals surface area (Å²) >= 11 is 0. The zero-order valence-corrected chi connectivity index (χ0v) is 12.3. The molecule has 0 saturated carbocycles. The third kappa shape index (κ3) is 3.50. The van der Waals surface area contributed by atoms with Crippen LogP contribution in [-0.2, 0) is 11.2 Å². The highest BCUT2D eigenvalue weighted by Crippen LogP contribution is 2.17. The summed E-state index contributed by atoms with van der Waals surface area (Å²) in [6, 6.07) is 5.90. The van der Waals surface area contributed by atoms with Crippen LogP contribution in [0.25, 0.3) is 11.4 Å². The summed E-state index contributed by atoms with van der Waals surface area (Å²) in [6.45, 7) is 1.70. The Morgan fingerprint density at radius 1 is 1.18 bits per heavy atom. The predicted molar refractivity (Wildman–Crippen MR) is 78.4 cm³/mol. The number of halogens is 1. The van der Waals surface area contributed by atoms with Crippen LogP contribution in [0, 0.1) is 5.82 Å². The van der Waals surface area contributed by atoms with Crippen LogP contribution in [0.5, 0.6) is 0 Å². The number of hydrogen-bond donors (Lipinski definition) is 0. The van der Waals surface area contributed by atoms with Crippen LogP contribution in [0.3, 0.4) is 0 Å². The lowest BCUT2D eigenvalue weighted by Gasteiger charge is -2.26. The molecule has 3 rings (SSSR count). The molecule has 2 heterocycles. The van der Waals surface area contributed by atoms with E-state index in [0.717, 1.165) is 25.9 Å². The second-order valence-corrected chi connectivity index (χ2v) is 5.46. The Labute approximate surface area is 128 Å². The molecule has 0 bridgehead atoms. The van der Waals surface area contributed by atoms with Crippen molar-refractivity contribution < 1.29 is 13.7 Å². The van der Waals surface area contributed by atoms with E-state index in [1.165, 1.54) is 18.6 Å². The lowest BCUT2D eigenvalue weighted by atomic mass is 10.1. The number of amides is 1. The predicted octanol–water partition coefficient (Wildman–Crippen LogP) is 2.82. The van der Waals surface area contributed by atoms with Gasteiger partial charge < -0.3 is 9.42 Å². The average molecular weight is 303 g/mol. The molecular formula is C16H18FN3O2. The number of rotatable bonds is 4. The highest BCUT2D eigenvalue weighted by Gasteiger charge is 2.17. The van der Waals surface area contributed by atoms with Crippen LogP contribution >= 0.6 is 0 Å². The zero-order chi connectivity index (χ0) is 15.4. The Balaban J connectivity index is 1.57. The minimum atomic E-state index is -0.306. The van der Waals surface area contributed by atoms with Crippen molar-refractivity contribution in [3.05, 3.63) is 36.0 Å². The molecule has 5 nitrogen and oxygen atoms in total. The van der Waals surface area contributed by atoms with Gasteiger partial charge in [0.2, 0.25) is 17.6 Å². The molecule has 116 valence electrons. The number of hydrogen-bond acceptors (Lipinski definition) is 4. The third-order valence-corrected chi connectivity index (χ3v) is 3.83. The molecule has 1 aliphatic heterocycles. The number of benzene rings is 1. The number of likely N-dealkylation sites (tertiary alicyclic amines) is 1. The van der Waals surface area contributed by atoms with E-state index in [0.29, 0.717) is 30.1 Å². The summed E-state index contributed by atoms with van der Waals surface area (Å²) in [6.07, 6.45) is 4.19. The van der Waals surface area contributed by atoms with Gasteiger partial charge in [-0.2, -0.15) is 4.98 Å². The summed E-state index contributed by atoms with van der Waals surface area (Å²) in [5.41, 5.74) is 0.693. The standard InChI is InChI=1S/C16H18FN3O2/c17-13-6-4-12(5-7-13)16-18-14(22-19-16)8-9-15(21)20-10-2-1-3-11-20/h4-7H,1-3,8-11H2. The highest BCUT2D eigenvalue weighted by atomic mass is 19.1. The van der Waals surface area contributed by atoms with Gasteiger partial charge in [-0.3, -0.25) is 4.79 Å². The van der Waals surface area contributed by atoms with Gasteiger partial charge in [-0.05, 0) is 43.5 Å². The highest BCUT2D eigenvalue weighted by molar-refractivity contribution is 5.76. The molecule has 0 atom stereocenters. The fourth-order valence-electron chi connectivity index (χ4n) is 2.59. The quantitative estimate of drug-likeness (QED) is 0.871. The van der Waals surface area contributed by atoms with Crippen LogP contribution in [0.1, 0.15) is 31.6 Å². The number of carbonyl (C=O) groups excluding carboxylic acids is 1. The van der Waals surface area contributed by atoms with Crippen molar-refractivity contribution in [2.75, 3.05) is 13.1 Å². The van der Waals surface area contributed by atoms with Crippen molar-refractivity contribution in [1.82, 2.24) is 15.0 Å². The van der Waals surface area contributed by atoms with Crippen molar-refractivity contribution in [1.29, 1.82) is 0 Å². The van der Waals surface area contributed by atoms with Gasteiger partial charge >= 0.3 is 0 Å². The van der Waals surface area contributed by atoms with Crippen LogP contribution in [-0.4, -0.2) is 34.0 Å². The molecule has 0 spiro atoms. The number of piperidine rings is 1. The van der Waals surface area contributed by atoms with Gasteiger partial charge in [-0.25, -0.2) is 4.39 Å². The molecule has 1 aliphatic rings. The topological polar surface area (TPSA) is 59.2 Å². The van der Waals surface area contributed by atoms with Crippen LogP contribution in [0.2, 0.25) is 0 Å². The first-order valence-corrected chi connectivity index (χ1v) is 7.59. The van der Waals surface area contributed by atoms with E-state index in [9.17, 15) is 9.18 Å². The number of nitrogens with zero attached hydrogens (tertiary/aromatic N) is 3. The minimum Gasteiger partial charge on any atom is -0.343 e.